The van der Waals surface area contributed by atoms with Crippen molar-refractivity contribution >= 4 is 0 Å². The van der Waals surface area contributed by atoms with E-state index in [1.165, 1.54) is 29.0 Å². The third-order valence-electron chi connectivity index (χ3n) is 5.57. The second-order valence-electron chi connectivity index (χ2n) is 8.28. The van der Waals surface area contributed by atoms with Gasteiger partial charge in [0, 0.05) is 43.6 Å². The van der Waals surface area contributed by atoms with Crippen LogP contribution in [0.3, 0.4) is 0 Å². The van der Waals surface area contributed by atoms with Crippen LogP contribution in [0.2, 0.25) is 0 Å². The number of hydrogen-bond acceptors (Lipinski definition) is 1. The first-order chi connectivity index (χ1) is 13.8. The molecule has 1 heterocycles. The van der Waals surface area contributed by atoms with Crippen LogP contribution >= 0.6 is 0 Å². The second-order valence-corrected chi connectivity index (χ2v) is 8.28. The van der Waals surface area contributed by atoms with E-state index in [1.54, 1.807) is 0 Å². The van der Waals surface area contributed by atoms with Gasteiger partial charge >= 0.3 is 0 Å². The van der Waals surface area contributed by atoms with Crippen LogP contribution in [0.4, 0.5) is 8.78 Å². The van der Waals surface area contributed by atoms with Crippen LogP contribution in [0.5, 0.6) is 0 Å². The van der Waals surface area contributed by atoms with Gasteiger partial charge in [0.15, 0.2) is 0 Å². The van der Waals surface area contributed by atoms with E-state index in [0.29, 0.717) is 18.0 Å². The number of nitrogens with zero attached hydrogens (tertiary/aromatic N) is 2. The summed E-state index contributed by atoms with van der Waals surface area (Å²) in [5.74, 6) is -0.631. The highest BCUT2D eigenvalue weighted by molar-refractivity contribution is 5.24. The number of aryl methyl sites for hydroxylation is 1. The van der Waals surface area contributed by atoms with Gasteiger partial charge in [-0.15, -0.1) is 0 Å². The molecule has 0 unspecified atom stereocenters. The molecule has 3 rings (SSSR count). The number of rotatable bonds is 8. The average molecular weight is 397 g/mol. The first-order valence-corrected chi connectivity index (χ1v) is 10.2. The minimum atomic E-state index is -0.528. The Hall–Kier alpha value is -2.46. The van der Waals surface area contributed by atoms with E-state index in [0.717, 1.165) is 19.2 Å². The summed E-state index contributed by atoms with van der Waals surface area (Å²) in [5, 5.41) is 0. The van der Waals surface area contributed by atoms with Crippen molar-refractivity contribution in [3.8, 4) is 0 Å². The zero-order chi connectivity index (χ0) is 21.0. The van der Waals surface area contributed by atoms with Crippen molar-refractivity contribution < 1.29 is 8.78 Å². The van der Waals surface area contributed by atoms with Gasteiger partial charge in [0.05, 0.1) is 0 Å². The predicted molar refractivity (Wildman–Crippen MR) is 115 cm³/mol. The van der Waals surface area contributed by atoms with Gasteiger partial charge < -0.3 is 4.57 Å². The van der Waals surface area contributed by atoms with Crippen molar-refractivity contribution in [2.75, 3.05) is 0 Å². The summed E-state index contributed by atoms with van der Waals surface area (Å²) in [5.41, 5.74) is 4.36. The standard InChI is InChI=1S/C25H30F2N2/c1-18(2)20(4)29(16-22-12-23(26)14-24(27)13-22)17-25-9-6-10-28(25)15-21-8-5-7-19(3)11-21/h5-14,18,20H,15-17H2,1-4H3/t20-/m0/s1. The largest absolute Gasteiger partial charge is 0.346 e. The Morgan fingerprint density at radius 3 is 2.24 bits per heavy atom. The van der Waals surface area contributed by atoms with Crippen LogP contribution in [0.25, 0.3) is 0 Å². The van der Waals surface area contributed by atoms with E-state index >= 15 is 0 Å². The van der Waals surface area contributed by atoms with E-state index in [9.17, 15) is 8.78 Å². The smallest absolute Gasteiger partial charge is 0.126 e. The molecule has 0 spiro atoms. The topological polar surface area (TPSA) is 8.17 Å². The molecule has 3 aromatic rings. The Morgan fingerprint density at radius 2 is 1.59 bits per heavy atom. The summed E-state index contributed by atoms with van der Waals surface area (Å²) in [7, 11) is 0. The molecule has 0 saturated heterocycles. The fraction of sp³-hybridized carbons (Fsp3) is 0.360. The molecule has 0 amide bonds. The highest BCUT2D eigenvalue weighted by atomic mass is 19.1. The number of benzene rings is 2. The third-order valence-corrected chi connectivity index (χ3v) is 5.57. The summed E-state index contributed by atoms with van der Waals surface area (Å²) >= 11 is 0. The van der Waals surface area contributed by atoms with Crippen LogP contribution in [0.1, 0.15) is 43.2 Å². The molecular weight excluding hydrogens is 366 g/mol. The molecule has 4 heteroatoms. The monoisotopic (exact) mass is 396 g/mol. The molecule has 1 aromatic heterocycles. The minimum absolute atomic E-state index is 0.267. The lowest BCUT2D eigenvalue weighted by atomic mass is 10.0. The van der Waals surface area contributed by atoms with Gasteiger partial charge in [-0.25, -0.2) is 8.78 Å². The van der Waals surface area contributed by atoms with E-state index < -0.39 is 11.6 Å². The van der Waals surface area contributed by atoms with Gasteiger partial charge in [0.2, 0.25) is 0 Å². The molecule has 0 N–H and O–H groups in total. The number of aromatic nitrogens is 1. The molecule has 0 fully saturated rings. The zero-order valence-electron chi connectivity index (χ0n) is 17.7. The lowest BCUT2D eigenvalue weighted by Gasteiger charge is -2.32. The summed E-state index contributed by atoms with van der Waals surface area (Å²) in [6, 6.07) is 16.8. The molecule has 154 valence electrons. The van der Waals surface area contributed by atoms with E-state index in [-0.39, 0.29) is 6.04 Å². The van der Waals surface area contributed by atoms with Crippen molar-refractivity contribution in [3.63, 3.8) is 0 Å². The normalized spacial score (nSPS) is 12.7. The Bertz CT molecular complexity index is 925. The molecule has 2 aromatic carbocycles. The highest BCUT2D eigenvalue weighted by Crippen LogP contribution is 2.20. The Kier molecular flexibility index (Phi) is 6.86. The van der Waals surface area contributed by atoms with Gasteiger partial charge in [0.1, 0.15) is 11.6 Å². The Morgan fingerprint density at radius 1 is 0.862 bits per heavy atom. The first-order valence-electron chi connectivity index (χ1n) is 10.2. The lowest BCUT2D eigenvalue weighted by molar-refractivity contribution is 0.148. The number of halogens is 2. The lowest BCUT2D eigenvalue weighted by Crippen LogP contribution is -2.36. The molecule has 1 atom stereocenters. The SMILES string of the molecule is Cc1cccc(Cn2cccc2CN(Cc2cc(F)cc(F)c2)[C@@H](C)C(C)C)c1. The summed E-state index contributed by atoms with van der Waals surface area (Å²) in [6.07, 6.45) is 2.09. The van der Waals surface area contributed by atoms with Crippen LogP contribution in [-0.4, -0.2) is 15.5 Å². The van der Waals surface area contributed by atoms with Crippen LogP contribution < -0.4 is 0 Å². The van der Waals surface area contributed by atoms with Crippen molar-refractivity contribution in [3.05, 3.63) is 94.8 Å². The molecular formula is C25H30F2N2. The van der Waals surface area contributed by atoms with Crippen LogP contribution in [0, 0.1) is 24.5 Å². The minimum Gasteiger partial charge on any atom is -0.346 e. The molecule has 0 saturated carbocycles. The second kappa shape index (κ2) is 9.36. The van der Waals surface area contributed by atoms with Gasteiger partial charge in [-0.05, 0) is 55.2 Å². The zero-order valence-corrected chi connectivity index (χ0v) is 17.7. The summed E-state index contributed by atoms with van der Waals surface area (Å²) in [6.45, 7) is 10.7. The molecule has 0 radical (unpaired) electrons. The predicted octanol–water partition coefficient (Wildman–Crippen LogP) is 6.17. The molecule has 0 aliphatic carbocycles. The Labute approximate surface area is 172 Å². The fourth-order valence-corrected chi connectivity index (χ4v) is 3.66. The highest BCUT2D eigenvalue weighted by Gasteiger charge is 2.20. The van der Waals surface area contributed by atoms with Crippen molar-refractivity contribution in [2.45, 2.75) is 53.4 Å². The fourth-order valence-electron chi connectivity index (χ4n) is 3.66. The van der Waals surface area contributed by atoms with Crippen molar-refractivity contribution in [2.24, 2.45) is 5.92 Å². The van der Waals surface area contributed by atoms with Gasteiger partial charge in [-0.3, -0.25) is 4.90 Å². The quantitative estimate of drug-likeness (QED) is 0.442. The van der Waals surface area contributed by atoms with Crippen LogP contribution in [-0.2, 0) is 19.6 Å². The number of hydrogen-bond donors (Lipinski definition) is 0. The first kappa shape index (κ1) is 21.3. The maximum Gasteiger partial charge on any atom is 0.126 e. The maximum absolute atomic E-state index is 13.7. The Balaban J connectivity index is 1.82. The molecule has 0 bridgehead atoms. The molecule has 0 aliphatic rings. The van der Waals surface area contributed by atoms with E-state index in [2.05, 4.69) is 79.8 Å². The molecule has 0 aliphatic heterocycles. The van der Waals surface area contributed by atoms with Gasteiger partial charge in [-0.2, -0.15) is 0 Å². The summed E-state index contributed by atoms with van der Waals surface area (Å²) < 4.78 is 29.6. The van der Waals surface area contributed by atoms with Gasteiger partial charge in [0.25, 0.3) is 0 Å². The maximum atomic E-state index is 13.7. The third kappa shape index (κ3) is 5.77. The van der Waals surface area contributed by atoms with E-state index in [4.69, 9.17) is 0 Å². The van der Waals surface area contributed by atoms with Gasteiger partial charge in [-0.1, -0.05) is 43.7 Å². The molecule has 2 nitrogen and oxygen atoms in total. The molecule has 29 heavy (non-hydrogen) atoms. The van der Waals surface area contributed by atoms with Crippen LogP contribution in [0.15, 0.2) is 60.8 Å². The van der Waals surface area contributed by atoms with E-state index in [1.807, 2.05) is 0 Å². The average Bonchev–Trinajstić information content (AvgIpc) is 3.06. The van der Waals surface area contributed by atoms with Crippen molar-refractivity contribution in [1.82, 2.24) is 9.47 Å². The summed E-state index contributed by atoms with van der Waals surface area (Å²) in [4.78, 5) is 2.29. The van der Waals surface area contributed by atoms with Crippen molar-refractivity contribution in [1.29, 1.82) is 0 Å².